The Kier molecular flexibility index (Phi) is 15.0. The fourth-order valence-corrected chi connectivity index (χ4v) is 6.44. The number of phenols is 1. The van der Waals surface area contributed by atoms with Gasteiger partial charge in [0.15, 0.2) is 0 Å². The van der Waals surface area contributed by atoms with E-state index in [1.165, 1.54) is 12.1 Å². The standard InChI is InChI=1S/C38H48N8O6.ClH/c1-23-28-16-17-34(48)43-32(20-24-12-14-26(47)15-13-24)37(51)46-33(21-25-22-41-29-9-3-2-8-27(25)29)38(52)45-30(10-4-6-18-39)35(49)40-19-7-5-11-31(42-23)36(50)44-28;/h2-3,8-9,12-15,22,30,32-33,41,47H,4-7,10-11,16-21,39H2,1H3,(H,40,49)(H,43,48)(H,44,50)(H,45,52)(H,46,51);1H/t30-,32-,33+;/m0./s1. The Morgan fingerprint density at radius 2 is 1.53 bits per heavy atom. The van der Waals surface area contributed by atoms with Crippen molar-refractivity contribution in [2.75, 3.05) is 13.1 Å². The number of aromatic hydroxyl groups is 1. The van der Waals surface area contributed by atoms with E-state index in [0.717, 1.165) is 22.9 Å². The average molecular weight is 749 g/mol. The molecule has 2 aliphatic heterocycles. The molecule has 0 spiro atoms. The first-order valence-electron chi connectivity index (χ1n) is 18.0. The van der Waals surface area contributed by atoms with Gasteiger partial charge in [0.25, 0.3) is 5.56 Å². The lowest BCUT2D eigenvalue weighted by atomic mass is 10.0. The van der Waals surface area contributed by atoms with E-state index in [4.69, 9.17) is 0 Å². The van der Waals surface area contributed by atoms with E-state index < -0.39 is 35.8 Å². The van der Waals surface area contributed by atoms with Gasteiger partial charge in [0.05, 0.1) is 12.2 Å². The van der Waals surface area contributed by atoms with Gasteiger partial charge >= 0.3 is 0 Å². The van der Waals surface area contributed by atoms with Crippen LogP contribution in [0.15, 0.2) is 59.5 Å². The molecule has 2 bridgehead atoms. The Morgan fingerprint density at radius 1 is 0.811 bits per heavy atom. The lowest BCUT2D eigenvalue weighted by Crippen LogP contribution is -3.00. The molecule has 0 saturated carbocycles. The number of aryl methyl sites for hydroxylation is 3. The molecule has 0 saturated heterocycles. The normalized spacial score (nSPS) is 19.3. The monoisotopic (exact) mass is 748 g/mol. The fourth-order valence-electron chi connectivity index (χ4n) is 6.44. The number of aromatic amines is 2. The second-order valence-electron chi connectivity index (χ2n) is 13.4. The summed E-state index contributed by atoms with van der Waals surface area (Å²) in [5.74, 6) is -1.85. The van der Waals surface area contributed by atoms with E-state index in [9.17, 15) is 29.1 Å². The van der Waals surface area contributed by atoms with E-state index >= 15 is 0 Å². The minimum atomic E-state index is -1.10. The minimum absolute atomic E-state index is 0. The zero-order valence-corrected chi connectivity index (χ0v) is 30.7. The second kappa shape index (κ2) is 19.6. The largest absolute Gasteiger partial charge is 1.00 e. The van der Waals surface area contributed by atoms with Crippen LogP contribution >= 0.6 is 0 Å². The van der Waals surface area contributed by atoms with Crippen LogP contribution in [0.5, 0.6) is 5.75 Å². The van der Waals surface area contributed by atoms with Crippen molar-refractivity contribution in [1.82, 2.24) is 36.2 Å². The highest BCUT2D eigenvalue weighted by Crippen LogP contribution is 2.20. The highest BCUT2D eigenvalue weighted by atomic mass is 35.5. The number of phenolic OH excluding ortho intramolecular Hbond substituents is 1. The first-order valence-corrected chi connectivity index (χ1v) is 18.0. The zero-order valence-electron chi connectivity index (χ0n) is 29.9. The van der Waals surface area contributed by atoms with E-state index in [1.54, 1.807) is 25.3 Å². The van der Waals surface area contributed by atoms with Crippen molar-refractivity contribution >= 4 is 34.5 Å². The summed E-state index contributed by atoms with van der Waals surface area (Å²) >= 11 is 0. The first-order chi connectivity index (χ1) is 25.1. The van der Waals surface area contributed by atoms with Crippen molar-refractivity contribution in [2.45, 2.75) is 89.3 Å². The minimum Gasteiger partial charge on any atom is -1.00 e. The molecule has 2 aromatic heterocycles. The molecule has 0 fully saturated rings. The topological polar surface area (TPSA) is 226 Å². The number of hydrogen-bond acceptors (Lipinski definition) is 7. The van der Waals surface area contributed by atoms with E-state index in [0.29, 0.717) is 67.8 Å². The Hall–Kier alpha value is -5.21. The molecule has 4 heterocycles. The van der Waals surface area contributed by atoms with Gasteiger partial charge in [-0.1, -0.05) is 30.3 Å². The number of H-pyrrole nitrogens is 2. The maximum atomic E-state index is 14.1. The molecule has 4 amide bonds. The van der Waals surface area contributed by atoms with Crippen LogP contribution in [0.4, 0.5) is 0 Å². The van der Waals surface area contributed by atoms with Gasteiger partial charge in [-0.15, -0.1) is 0 Å². The molecule has 0 aliphatic carbocycles. The lowest BCUT2D eigenvalue weighted by Gasteiger charge is -2.25. The van der Waals surface area contributed by atoms with Crippen molar-refractivity contribution in [3.8, 4) is 5.75 Å². The molecule has 3 atom stereocenters. The number of rotatable bonds is 8. The van der Waals surface area contributed by atoms with Crippen LogP contribution in [0, 0.1) is 6.92 Å². The smallest absolute Gasteiger partial charge is 0.269 e. The number of para-hydroxylation sites is 1. The highest BCUT2D eigenvalue weighted by molar-refractivity contribution is 5.95. The van der Waals surface area contributed by atoms with Crippen molar-refractivity contribution in [2.24, 2.45) is 0 Å². The van der Waals surface area contributed by atoms with Crippen molar-refractivity contribution in [3.05, 3.63) is 93.3 Å². The number of nitrogens with zero attached hydrogens (tertiary/aromatic N) is 1. The van der Waals surface area contributed by atoms with Crippen LogP contribution in [0.3, 0.4) is 0 Å². The van der Waals surface area contributed by atoms with Crippen LogP contribution < -0.4 is 45.0 Å². The van der Waals surface area contributed by atoms with Crippen LogP contribution in [-0.4, -0.2) is 74.9 Å². The summed E-state index contributed by atoms with van der Waals surface area (Å²) in [6.07, 6.45) is 5.58. The number of halogens is 1. The number of carbonyl (C=O) groups is 4. The fraction of sp³-hybridized carbons (Fsp3) is 0.421. The molecule has 53 heavy (non-hydrogen) atoms. The lowest BCUT2D eigenvalue weighted by molar-refractivity contribution is -0.368. The molecule has 14 nitrogen and oxygen atoms in total. The van der Waals surface area contributed by atoms with Crippen LogP contribution in [0.1, 0.15) is 66.7 Å². The van der Waals surface area contributed by atoms with Crippen molar-refractivity contribution in [1.29, 1.82) is 0 Å². The SMILES string of the molecule is Cc1nc2c(=O)[nH]c1CCC(=O)N[C@@H](Cc1ccc(O)cc1)C(=O)N[C@H](Cc1c[nH]c3ccccc13)C(=O)N[C@@H](CCCC[NH3+])C(=O)NCCCC2.[Cl-]. The maximum Gasteiger partial charge on any atom is 0.269 e. The van der Waals surface area contributed by atoms with Gasteiger partial charge in [-0.2, -0.15) is 0 Å². The van der Waals surface area contributed by atoms with Gasteiger partial charge in [0, 0.05) is 48.6 Å². The molecule has 6 rings (SSSR count). The van der Waals surface area contributed by atoms with E-state index in [-0.39, 0.29) is 55.3 Å². The number of unbranched alkanes of at least 4 members (excludes halogenated alkanes) is 1. The van der Waals surface area contributed by atoms with Gasteiger partial charge in [-0.25, -0.2) is 0 Å². The van der Waals surface area contributed by atoms with Gasteiger partial charge in [0.2, 0.25) is 23.6 Å². The maximum absolute atomic E-state index is 14.1. The number of nitrogens with one attached hydrogen (secondary N) is 6. The molecule has 284 valence electrons. The summed E-state index contributed by atoms with van der Waals surface area (Å²) in [7, 11) is 0. The number of amides is 4. The molecule has 10 N–H and O–H groups in total. The molecule has 2 aliphatic rings. The summed E-state index contributed by atoms with van der Waals surface area (Å²) in [6, 6.07) is 10.9. The quantitative estimate of drug-likeness (QED) is 0.0747. The van der Waals surface area contributed by atoms with Gasteiger partial charge in [-0.3, -0.25) is 29.0 Å². The summed E-state index contributed by atoms with van der Waals surface area (Å²) in [5.41, 5.74) is 7.42. The number of quaternary nitrogens is 1. The molecule has 0 radical (unpaired) electrons. The van der Waals surface area contributed by atoms with E-state index in [1.807, 2.05) is 24.3 Å². The third-order valence-corrected chi connectivity index (χ3v) is 9.39. The van der Waals surface area contributed by atoms with Crippen LogP contribution in [0.2, 0.25) is 0 Å². The average Bonchev–Trinajstić information content (AvgIpc) is 3.54. The van der Waals surface area contributed by atoms with Gasteiger partial charge in [-0.05, 0) is 81.2 Å². The third-order valence-electron chi connectivity index (χ3n) is 9.39. The van der Waals surface area contributed by atoms with Crippen molar-refractivity contribution in [3.63, 3.8) is 0 Å². The number of aromatic nitrogens is 3. The Balaban J connectivity index is 0.00000627. The van der Waals surface area contributed by atoms with Crippen molar-refractivity contribution < 1.29 is 42.4 Å². The second-order valence-corrected chi connectivity index (χ2v) is 13.4. The predicted molar refractivity (Wildman–Crippen MR) is 195 cm³/mol. The summed E-state index contributed by atoms with van der Waals surface area (Å²) in [6.45, 7) is 2.80. The van der Waals surface area contributed by atoms with Gasteiger partial charge in [0.1, 0.15) is 29.6 Å². The molecule has 0 unspecified atom stereocenters. The summed E-state index contributed by atoms with van der Waals surface area (Å²) in [4.78, 5) is 78.6. The molecule has 2 aromatic carbocycles. The third kappa shape index (κ3) is 11.4. The predicted octanol–water partition coefficient (Wildman–Crippen LogP) is -1.99. The summed E-state index contributed by atoms with van der Waals surface area (Å²) in [5, 5.41) is 22.3. The zero-order chi connectivity index (χ0) is 37.0. The van der Waals surface area contributed by atoms with Crippen LogP contribution in [0.25, 0.3) is 10.9 Å². The van der Waals surface area contributed by atoms with E-state index in [2.05, 4.69) is 42.0 Å². The number of benzene rings is 2. The Bertz CT molecular complexity index is 1930. The van der Waals surface area contributed by atoms with Gasteiger partial charge < -0.3 is 54.5 Å². The molecular weight excluding hydrogens is 700 g/mol. The number of hydrogen-bond donors (Lipinski definition) is 8. The molecule has 4 aromatic rings. The summed E-state index contributed by atoms with van der Waals surface area (Å²) < 4.78 is 0. The number of carbonyl (C=O) groups excluding carboxylic acids is 4. The molecule has 15 heteroatoms. The molecular formula is C38H49ClN8O6. The Labute approximate surface area is 313 Å². The highest BCUT2D eigenvalue weighted by Gasteiger charge is 2.31. The first kappa shape index (κ1) is 40.6. The number of fused-ring (bicyclic) bond motifs is 19. The van der Waals surface area contributed by atoms with Crippen LogP contribution in [-0.2, 0) is 44.9 Å². The Morgan fingerprint density at radius 3 is 2.28 bits per heavy atom.